The molecule has 1 unspecified atom stereocenters. The average molecular weight is 304 g/mol. The van der Waals surface area contributed by atoms with E-state index in [2.05, 4.69) is 10.3 Å². The van der Waals surface area contributed by atoms with Crippen LogP contribution in [-0.2, 0) is 4.79 Å². The number of carbonyl (C=O) groups excluding carboxylic acids is 1. The monoisotopic (exact) mass is 304 g/mol. The number of amides is 1. The number of oxazole rings is 1. The second-order valence-electron chi connectivity index (χ2n) is 5.80. The van der Waals surface area contributed by atoms with Gasteiger partial charge in [-0.25, -0.2) is 4.98 Å². The van der Waals surface area contributed by atoms with Gasteiger partial charge in [0.15, 0.2) is 17.1 Å². The van der Waals surface area contributed by atoms with Crippen molar-refractivity contribution < 1.29 is 14.3 Å². The van der Waals surface area contributed by atoms with E-state index in [0.717, 1.165) is 30.0 Å². The van der Waals surface area contributed by atoms with Crippen molar-refractivity contribution in [1.29, 1.82) is 0 Å². The molecule has 1 saturated heterocycles. The number of thioether (sulfide) groups is 1. The number of nitrogens with zero attached hydrogens (tertiary/aromatic N) is 1. The van der Waals surface area contributed by atoms with Crippen LogP contribution in [-0.4, -0.2) is 33.1 Å². The molecule has 2 fully saturated rings. The molecule has 2 heterocycles. The molecule has 2 N–H and O–H groups in total. The molecule has 2 aliphatic rings. The van der Waals surface area contributed by atoms with Gasteiger partial charge in [0.05, 0.1) is 0 Å². The van der Waals surface area contributed by atoms with Crippen LogP contribution in [0, 0.1) is 0 Å². The molecular weight excluding hydrogens is 288 g/mol. The second kappa shape index (κ2) is 4.74. The Hall–Kier alpha value is -1.53. The van der Waals surface area contributed by atoms with Crippen LogP contribution in [0.1, 0.15) is 31.1 Å². The zero-order chi connectivity index (χ0) is 14.4. The lowest BCUT2D eigenvalue weighted by Gasteiger charge is -2.20. The summed E-state index contributed by atoms with van der Waals surface area (Å²) in [6.07, 6.45) is 2.78. The third-order valence-corrected chi connectivity index (χ3v) is 5.19. The zero-order valence-electron chi connectivity index (χ0n) is 11.5. The summed E-state index contributed by atoms with van der Waals surface area (Å²) in [6, 6.07) is 5.41. The summed E-state index contributed by atoms with van der Waals surface area (Å²) in [5.74, 6) is 2.19. The highest BCUT2D eigenvalue weighted by Gasteiger charge is 2.39. The average Bonchev–Trinajstić information content (AvgIpc) is 3.08. The first kappa shape index (κ1) is 13.2. The molecule has 1 aliphatic heterocycles. The summed E-state index contributed by atoms with van der Waals surface area (Å²) in [6.45, 7) is 0. The lowest BCUT2D eigenvalue weighted by Crippen LogP contribution is -2.42. The number of fused-ring (bicyclic) bond motifs is 1. The van der Waals surface area contributed by atoms with Crippen molar-refractivity contribution in [3.63, 3.8) is 0 Å². The van der Waals surface area contributed by atoms with Gasteiger partial charge < -0.3 is 14.8 Å². The SMILES string of the molecule is O=C(Nc1ccc2nc(C3CC3)oc2c1)C1(O)CCSC1. The van der Waals surface area contributed by atoms with Crippen molar-refractivity contribution in [1.82, 2.24) is 4.98 Å². The Labute approximate surface area is 126 Å². The van der Waals surface area contributed by atoms with E-state index in [1.807, 2.05) is 6.07 Å². The molecule has 1 atom stereocenters. The highest BCUT2D eigenvalue weighted by Crippen LogP contribution is 2.40. The maximum Gasteiger partial charge on any atom is 0.257 e. The third kappa shape index (κ3) is 2.42. The van der Waals surface area contributed by atoms with Crippen LogP contribution in [0.5, 0.6) is 0 Å². The van der Waals surface area contributed by atoms with E-state index in [9.17, 15) is 9.90 Å². The van der Waals surface area contributed by atoms with E-state index >= 15 is 0 Å². The molecule has 0 bridgehead atoms. The molecule has 1 aliphatic carbocycles. The van der Waals surface area contributed by atoms with E-state index in [1.54, 1.807) is 23.9 Å². The highest BCUT2D eigenvalue weighted by molar-refractivity contribution is 7.99. The highest BCUT2D eigenvalue weighted by atomic mass is 32.2. The molecular formula is C15H16N2O3S. The predicted octanol–water partition coefficient (Wildman–Crippen LogP) is 2.51. The number of benzene rings is 1. The molecule has 1 aromatic carbocycles. The van der Waals surface area contributed by atoms with Crippen LogP contribution in [0.15, 0.2) is 22.6 Å². The van der Waals surface area contributed by atoms with Crippen LogP contribution in [0.2, 0.25) is 0 Å². The fraction of sp³-hybridized carbons (Fsp3) is 0.467. The number of hydrogen-bond acceptors (Lipinski definition) is 5. The second-order valence-corrected chi connectivity index (χ2v) is 6.90. The lowest BCUT2D eigenvalue weighted by molar-refractivity contribution is -0.131. The van der Waals surface area contributed by atoms with Gasteiger partial charge in [-0.1, -0.05) is 0 Å². The van der Waals surface area contributed by atoms with Gasteiger partial charge in [0.1, 0.15) is 5.52 Å². The minimum absolute atomic E-state index is 0.339. The van der Waals surface area contributed by atoms with Gasteiger partial charge in [0, 0.05) is 23.4 Å². The van der Waals surface area contributed by atoms with Crippen molar-refractivity contribution in [3.8, 4) is 0 Å². The maximum atomic E-state index is 12.2. The number of anilines is 1. The summed E-state index contributed by atoms with van der Waals surface area (Å²) in [7, 11) is 0. The van der Waals surface area contributed by atoms with Crippen LogP contribution >= 0.6 is 11.8 Å². The molecule has 4 rings (SSSR count). The standard InChI is InChI=1S/C15H16N2O3S/c18-14(15(19)5-6-21-8-15)16-10-3-4-11-12(7-10)20-13(17-11)9-1-2-9/h3-4,7,9,19H,1-2,5-6,8H2,(H,16,18). The molecule has 6 heteroatoms. The van der Waals surface area contributed by atoms with E-state index in [1.165, 1.54) is 0 Å². The van der Waals surface area contributed by atoms with Gasteiger partial charge in [0.2, 0.25) is 0 Å². The Kier molecular flexibility index (Phi) is 2.97. The minimum atomic E-state index is -1.25. The number of aromatic nitrogens is 1. The lowest BCUT2D eigenvalue weighted by atomic mass is 10.0. The van der Waals surface area contributed by atoms with Crippen molar-refractivity contribution in [3.05, 3.63) is 24.1 Å². The summed E-state index contributed by atoms with van der Waals surface area (Å²) in [5, 5.41) is 13.0. The summed E-state index contributed by atoms with van der Waals surface area (Å²) < 4.78 is 5.74. The molecule has 1 amide bonds. The molecule has 5 nitrogen and oxygen atoms in total. The summed E-state index contributed by atoms with van der Waals surface area (Å²) >= 11 is 1.60. The molecule has 1 saturated carbocycles. The Bertz CT molecular complexity index is 702. The number of nitrogens with one attached hydrogen (secondary N) is 1. The third-order valence-electron chi connectivity index (χ3n) is 4.01. The smallest absolute Gasteiger partial charge is 0.257 e. The van der Waals surface area contributed by atoms with Crippen LogP contribution in [0.3, 0.4) is 0 Å². The Balaban J connectivity index is 1.57. The quantitative estimate of drug-likeness (QED) is 0.911. The Morgan fingerprint density at radius 1 is 1.48 bits per heavy atom. The van der Waals surface area contributed by atoms with Crippen LogP contribution < -0.4 is 5.32 Å². The number of aliphatic hydroxyl groups is 1. The van der Waals surface area contributed by atoms with E-state index in [4.69, 9.17) is 4.42 Å². The molecule has 2 aromatic rings. The van der Waals surface area contributed by atoms with Crippen molar-refractivity contribution in [2.75, 3.05) is 16.8 Å². The number of carbonyl (C=O) groups is 1. The topological polar surface area (TPSA) is 75.4 Å². The van der Waals surface area contributed by atoms with Gasteiger partial charge in [-0.15, -0.1) is 0 Å². The number of rotatable bonds is 3. The van der Waals surface area contributed by atoms with Gasteiger partial charge in [-0.05, 0) is 37.1 Å². The zero-order valence-corrected chi connectivity index (χ0v) is 12.3. The summed E-state index contributed by atoms with van der Waals surface area (Å²) in [4.78, 5) is 16.6. The molecule has 1 aromatic heterocycles. The molecule has 21 heavy (non-hydrogen) atoms. The normalized spacial score (nSPS) is 25.4. The van der Waals surface area contributed by atoms with E-state index in [0.29, 0.717) is 29.4 Å². The molecule has 110 valence electrons. The van der Waals surface area contributed by atoms with Gasteiger partial charge in [-0.2, -0.15) is 11.8 Å². The predicted molar refractivity (Wildman–Crippen MR) is 81.5 cm³/mol. The minimum Gasteiger partial charge on any atom is -0.440 e. The van der Waals surface area contributed by atoms with Crippen LogP contribution in [0.25, 0.3) is 11.1 Å². The summed E-state index contributed by atoms with van der Waals surface area (Å²) in [5.41, 5.74) is 0.879. The van der Waals surface area contributed by atoms with Gasteiger partial charge in [0.25, 0.3) is 5.91 Å². The van der Waals surface area contributed by atoms with E-state index in [-0.39, 0.29) is 5.91 Å². The first-order valence-electron chi connectivity index (χ1n) is 7.16. The fourth-order valence-corrected chi connectivity index (χ4v) is 3.75. The van der Waals surface area contributed by atoms with E-state index < -0.39 is 5.60 Å². The molecule has 0 radical (unpaired) electrons. The van der Waals surface area contributed by atoms with Gasteiger partial charge in [-0.3, -0.25) is 4.79 Å². The van der Waals surface area contributed by atoms with Crippen molar-refractivity contribution in [2.45, 2.75) is 30.8 Å². The first-order chi connectivity index (χ1) is 10.1. The van der Waals surface area contributed by atoms with Gasteiger partial charge >= 0.3 is 0 Å². The van der Waals surface area contributed by atoms with Crippen molar-refractivity contribution >= 4 is 34.5 Å². The Morgan fingerprint density at radius 3 is 3.05 bits per heavy atom. The van der Waals surface area contributed by atoms with Crippen LogP contribution in [0.4, 0.5) is 5.69 Å². The molecule has 0 spiro atoms. The number of hydrogen-bond donors (Lipinski definition) is 2. The maximum absolute atomic E-state index is 12.2. The first-order valence-corrected chi connectivity index (χ1v) is 8.32. The largest absolute Gasteiger partial charge is 0.440 e. The fourth-order valence-electron chi connectivity index (χ4n) is 2.51. The Morgan fingerprint density at radius 2 is 2.33 bits per heavy atom. The van der Waals surface area contributed by atoms with Crippen molar-refractivity contribution in [2.24, 2.45) is 0 Å².